The van der Waals surface area contributed by atoms with E-state index >= 15 is 0 Å². The van der Waals surface area contributed by atoms with Gasteiger partial charge in [0.2, 0.25) is 0 Å². The molecule has 0 unspecified atom stereocenters. The molecule has 2 N–H and O–H groups in total. The van der Waals surface area contributed by atoms with Crippen LogP contribution in [0.1, 0.15) is 20.3 Å². The standard InChI is InChI=1S/C12H19NO3S/c1-10(2)17(14,15)8-4-7-16-12-6-3-5-11(13)9-12/h3,5-6,9-10H,4,7-8,13H2,1-2H3. The molecule has 0 spiro atoms. The highest BCUT2D eigenvalue weighted by Crippen LogP contribution is 2.14. The fourth-order valence-corrected chi connectivity index (χ4v) is 2.28. The summed E-state index contributed by atoms with van der Waals surface area (Å²) in [5, 5.41) is -0.324. The third kappa shape index (κ3) is 4.65. The Balaban J connectivity index is 2.35. The van der Waals surface area contributed by atoms with Crippen LogP contribution in [0.5, 0.6) is 5.75 Å². The molecule has 0 atom stereocenters. The first-order valence-corrected chi connectivity index (χ1v) is 7.33. The van der Waals surface area contributed by atoms with E-state index in [1.54, 1.807) is 38.1 Å². The van der Waals surface area contributed by atoms with E-state index in [-0.39, 0.29) is 11.0 Å². The molecule has 0 aliphatic carbocycles. The average molecular weight is 257 g/mol. The Kier molecular flexibility index (Phi) is 4.81. The van der Waals surface area contributed by atoms with Crippen LogP contribution in [-0.2, 0) is 9.84 Å². The molecule has 1 aromatic carbocycles. The van der Waals surface area contributed by atoms with Crippen molar-refractivity contribution in [2.24, 2.45) is 0 Å². The highest BCUT2D eigenvalue weighted by atomic mass is 32.2. The number of benzene rings is 1. The summed E-state index contributed by atoms with van der Waals surface area (Å²) >= 11 is 0. The van der Waals surface area contributed by atoms with Gasteiger partial charge in [-0.25, -0.2) is 8.42 Å². The smallest absolute Gasteiger partial charge is 0.152 e. The molecular formula is C12H19NO3S. The Morgan fingerprint density at radius 2 is 2.06 bits per heavy atom. The Bertz CT molecular complexity index is 455. The van der Waals surface area contributed by atoms with Gasteiger partial charge in [0.15, 0.2) is 9.84 Å². The lowest BCUT2D eigenvalue weighted by Gasteiger charge is -2.09. The molecule has 0 aliphatic heterocycles. The molecule has 1 aromatic rings. The second-order valence-electron chi connectivity index (χ2n) is 4.19. The second-order valence-corrected chi connectivity index (χ2v) is 6.87. The Morgan fingerprint density at radius 3 is 2.65 bits per heavy atom. The molecule has 0 aliphatic rings. The molecule has 17 heavy (non-hydrogen) atoms. The summed E-state index contributed by atoms with van der Waals surface area (Å²) in [7, 11) is -2.97. The predicted octanol–water partition coefficient (Wildman–Crippen LogP) is 1.86. The summed E-state index contributed by atoms with van der Waals surface area (Å²) in [5.74, 6) is 0.833. The minimum atomic E-state index is -2.97. The highest BCUT2D eigenvalue weighted by Gasteiger charge is 2.15. The van der Waals surface area contributed by atoms with E-state index in [4.69, 9.17) is 10.5 Å². The summed E-state index contributed by atoms with van der Waals surface area (Å²) < 4.78 is 28.5. The topological polar surface area (TPSA) is 69.4 Å². The zero-order chi connectivity index (χ0) is 12.9. The fourth-order valence-electron chi connectivity index (χ4n) is 1.29. The molecule has 96 valence electrons. The van der Waals surface area contributed by atoms with Crippen LogP contribution in [0.3, 0.4) is 0 Å². The van der Waals surface area contributed by atoms with Crippen molar-refractivity contribution in [3.63, 3.8) is 0 Å². The summed E-state index contributed by atoms with van der Waals surface area (Å²) in [4.78, 5) is 0. The van der Waals surface area contributed by atoms with Crippen molar-refractivity contribution in [1.82, 2.24) is 0 Å². The minimum absolute atomic E-state index is 0.160. The zero-order valence-electron chi connectivity index (χ0n) is 10.2. The third-order valence-electron chi connectivity index (χ3n) is 2.42. The normalized spacial score (nSPS) is 11.7. The van der Waals surface area contributed by atoms with E-state index in [1.165, 1.54) is 0 Å². The molecule has 4 nitrogen and oxygen atoms in total. The molecule has 0 heterocycles. The van der Waals surface area contributed by atoms with Crippen molar-refractivity contribution in [3.8, 4) is 5.75 Å². The molecule has 0 saturated carbocycles. The highest BCUT2D eigenvalue weighted by molar-refractivity contribution is 7.91. The maximum atomic E-state index is 11.5. The fraction of sp³-hybridized carbons (Fsp3) is 0.500. The summed E-state index contributed by atoms with van der Waals surface area (Å²) in [6, 6.07) is 7.09. The lowest BCUT2D eigenvalue weighted by atomic mass is 10.3. The van der Waals surface area contributed by atoms with Crippen LogP contribution in [-0.4, -0.2) is 26.0 Å². The van der Waals surface area contributed by atoms with Crippen molar-refractivity contribution >= 4 is 15.5 Å². The van der Waals surface area contributed by atoms with Gasteiger partial charge in [0.1, 0.15) is 5.75 Å². The third-order valence-corrected chi connectivity index (χ3v) is 4.71. The van der Waals surface area contributed by atoms with Gasteiger partial charge < -0.3 is 10.5 Å². The molecule has 0 amide bonds. The number of ether oxygens (including phenoxy) is 1. The molecule has 0 radical (unpaired) electrons. The van der Waals surface area contributed by atoms with Crippen molar-refractivity contribution in [2.45, 2.75) is 25.5 Å². The quantitative estimate of drug-likeness (QED) is 0.624. The van der Waals surface area contributed by atoms with Crippen LogP contribution in [0.2, 0.25) is 0 Å². The molecule has 0 aromatic heterocycles. The second kappa shape index (κ2) is 5.91. The molecule has 5 heteroatoms. The van der Waals surface area contributed by atoms with Crippen molar-refractivity contribution in [2.75, 3.05) is 18.1 Å². The Labute approximate surface area is 103 Å². The maximum Gasteiger partial charge on any atom is 0.152 e. The first kappa shape index (κ1) is 13.8. The average Bonchev–Trinajstić information content (AvgIpc) is 2.24. The number of anilines is 1. The number of nitrogen functional groups attached to an aromatic ring is 1. The number of hydrogen-bond donors (Lipinski definition) is 1. The SMILES string of the molecule is CC(C)S(=O)(=O)CCCOc1cccc(N)c1. The van der Waals surface area contributed by atoms with Crippen LogP contribution in [0.4, 0.5) is 5.69 Å². The Hall–Kier alpha value is -1.23. The number of hydrogen-bond acceptors (Lipinski definition) is 4. The molecular weight excluding hydrogens is 238 g/mol. The monoisotopic (exact) mass is 257 g/mol. The first-order valence-electron chi connectivity index (χ1n) is 5.62. The molecule has 0 fully saturated rings. The van der Waals surface area contributed by atoms with Crippen molar-refractivity contribution in [1.29, 1.82) is 0 Å². The van der Waals surface area contributed by atoms with Gasteiger partial charge in [-0.3, -0.25) is 0 Å². The van der Waals surface area contributed by atoms with Crippen LogP contribution in [0.15, 0.2) is 24.3 Å². The lowest BCUT2D eigenvalue weighted by molar-refractivity contribution is 0.318. The minimum Gasteiger partial charge on any atom is -0.493 e. The van der Waals surface area contributed by atoms with E-state index in [2.05, 4.69) is 0 Å². The lowest BCUT2D eigenvalue weighted by Crippen LogP contribution is -2.19. The number of nitrogens with two attached hydrogens (primary N) is 1. The summed E-state index contributed by atoms with van der Waals surface area (Å²) in [6.45, 7) is 3.76. The van der Waals surface area contributed by atoms with Gasteiger partial charge in [-0.2, -0.15) is 0 Å². The van der Waals surface area contributed by atoms with E-state index < -0.39 is 9.84 Å². The van der Waals surface area contributed by atoms with E-state index in [9.17, 15) is 8.42 Å². The van der Waals surface area contributed by atoms with Gasteiger partial charge in [-0.1, -0.05) is 6.07 Å². The van der Waals surface area contributed by atoms with Gasteiger partial charge >= 0.3 is 0 Å². The Morgan fingerprint density at radius 1 is 1.35 bits per heavy atom. The zero-order valence-corrected chi connectivity index (χ0v) is 11.0. The summed E-state index contributed by atoms with van der Waals surface area (Å²) in [6.07, 6.45) is 0.495. The first-order chi connectivity index (χ1) is 7.92. The largest absolute Gasteiger partial charge is 0.493 e. The van der Waals surface area contributed by atoms with Crippen LogP contribution >= 0.6 is 0 Å². The van der Waals surface area contributed by atoms with Gasteiger partial charge in [0, 0.05) is 11.8 Å². The molecule has 0 saturated heterocycles. The van der Waals surface area contributed by atoms with Gasteiger partial charge in [-0.05, 0) is 32.4 Å². The van der Waals surface area contributed by atoms with Crippen molar-refractivity contribution in [3.05, 3.63) is 24.3 Å². The van der Waals surface area contributed by atoms with Gasteiger partial charge in [0.25, 0.3) is 0 Å². The van der Waals surface area contributed by atoms with Crippen LogP contribution in [0, 0.1) is 0 Å². The van der Waals surface area contributed by atoms with E-state index in [1.807, 2.05) is 0 Å². The molecule has 1 rings (SSSR count). The van der Waals surface area contributed by atoms with E-state index in [0.29, 0.717) is 24.5 Å². The van der Waals surface area contributed by atoms with Crippen LogP contribution in [0.25, 0.3) is 0 Å². The molecule has 0 bridgehead atoms. The number of rotatable bonds is 6. The van der Waals surface area contributed by atoms with Gasteiger partial charge in [0.05, 0.1) is 17.6 Å². The van der Waals surface area contributed by atoms with Crippen LogP contribution < -0.4 is 10.5 Å². The summed E-state index contributed by atoms with van der Waals surface area (Å²) in [5.41, 5.74) is 6.23. The van der Waals surface area contributed by atoms with E-state index in [0.717, 1.165) is 0 Å². The van der Waals surface area contributed by atoms with Gasteiger partial charge in [-0.15, -0.1) is 0 Å². The maximum absolute atomic E-state index is 11.5. The predicted molar refractivity (Wildman–Crippen MR) is 69.9 cm³/mol. The number of sulfone groups is 1. The van der Waals surface area contributed by atoms with Crippen molar-refractivity contribution < 1.29 is 13.2 Å².